The molecule has 0 saturated carbocycles. The van der Waals surface area contributed by atoms with E-state index in [2.05, 4.69) is 30.9 Å². The second kappa shape index (κ2) is 6.35. The Balaban J connectivity index is 1.84. The molecule has 2 heteroatoms. The lowest BCUT2D eigenvalue weighted by Crippen LogP contribution is -2.30. The van der Waals surface area contributed by atoms with Gasteiger partial charge in [-0.05, 0) is 44.7 Å². The second-order valence-corrected chi connectivity index (χ2v) is 5.46. The minimum absolute atomic E-state index is 0.316. The van der Waals surface area contributed by atoms with Crippen LogP contribution in [0.5, 0.6) is 0 Å². The molecule has 2 unspecified atom stereocenters. The number of nitrogens with zero attached hydrogens (tertiary/aromatic N) is 1. The maximum absolute atomic E-state index is 10.2. The van der Waals surface area contributed by atoms with Crippen LogP contribution in [0.1, 0.15) is 49.8 Å². The lowest BCUT2D eigenvalue weighted by molar-refractivity contribution is 0.137. The summed E-state index contributed by atoms with van der Waals surface area (Å²) in [7, 11) is 0. The van der Waals surface area contributed by atoms with Crippen molar-refractivity contribution in [3.05, 3.63) is 35.4 Å². The summed E-state index contributed by atoms with van der Waals surface area (Å²) in [5.74, 6) is 0. The van der Waals surface area contributed by atoms with Gasteiger partial charge in [-0.1, -0.05) is 36.8 Å². The minimum Gasteiger partial charge on any atom is -0.388 e. The zero-order valence-electron chi connectivity index (χ0n) is 11.6. The second-order valence-electron chi connectivity index (χ2n) is 5.46. The molecule has 0 aliphatic carbocycles. The molecular formula is C16H25NO. The molecule has 0 aromatic heterocycles. The number of benzene rings is 1. The van der Waals surface area contributed by atoms with Crippen molar-refractivity contribution >= 4 is 0 Å². The van der Waals surface area contributed by atoms with Crippen LogP contribution in [0.4, 0.5) is 0 Å². The molecule has 0 radical (unpaired) electrons. The highest BCUT2D eigenvalue weighted by atomic mass is 16.3. The van der Waals surface area contributed by atoms with E-state index in [1.54, 1.807) is 0 Å². The largest absolute Gasteiger partial charge is 0.388 e. The molecule has 1 aromatic carbocycles. The van der Waals surface area contributed by atoms with E-state index in [9.17, 15) is 5.11 Å². The Kier molecular flexibility index (Phi) is 4.79. The number of likely N-dealkylation sites (tertiary alicyclic amines) is 1. The van der Waals surface area contributed by atoms with Crippen molar-refractivity contribution in [3.8, 4) is 0 Å². The highest BCUT2D eigenvalue weighted by Crippen LogP contribution is 2.23. The van der Waals surface area contributed by atoms with E-state index >= 15 is 0 Å². The van der Waals surface area contributed by atoms with E-state index < -0.39 is 0 Å². The molecule has 18 heavy (non-hydrogen) atoms. The Morgan fingerprint density at radius 1 is 1.33 bits per heavy atom. The Morgan fingerprint density at radius 3 is 2.72 bits per heavy atom. The van der Waals surface area contributed by atoms with Gasteiger partial charge in [-0.15, -0.1) is 0 Å². The average molecular weight is 247 g/mol. The van der Waals surface area contributed by atoms with Crippen molar-refractivity contribution in [2.75, 3.05) is 13.1 Å². The Labute approximate surface area is 111 Å². The van der Waals surface area contributed by atoms with Gasteiger partial charge >= 0.3 is 0 Å². The molecule has 2 atom stereocenters. The third-order valence-electron chi connectivity index (χ3n) is 4.12. The first kappa shape index (κ1) is 13.6. The van der Waals surface area contributed by atoms with Gasteiger partial charge in [-0.25, -0.2) is 0 Å². The van der Waals surface area contributed by atoms with Crippen molar-refractivity contribution in [2.24, 2.45) is 0 Å². The first-order valence-corrected chi connectivity index (χ1v) is 7.19. The van der Waals surface area contributed by atoms with Gasteiger partial charge < -0.3 is 10.0 Å². The van der Waals surface area contributed by atoms with Crippen LogP contribution in [0.2, 0.25) is 0 Å². The zero-order chi connectivity index (χ0) is 13.0. The third kappa shape index (κ3) is 3.33. The van der Waals surface area contributed by atoms with Crippen LogP contribution in [0, 0.1) is 6.92 Å². The van der Waals surface area contributed by atoms with E-state index in [0.29, 0.717) is 0 Å². The monoisotopic (exact) mass is 247 g/mol. The topological polar surface area (TPSA) is 23.5 Å². The summed E-state index contributed by atoms with van der Waals surface area (Å²) >= 11 is 0. The highest BCUT2D eigenvalue weighted by molar-refractivity contribution is 5.23. The van der Waals surface area contributed by atoms with Crippen LogP contribution in [0.3, 0.4) is 0 Å². The summed E-state index contributed by atoms with van der Waals surface area (Å²) in [6.45, 7) is 6.57. The van der Waals surface area contributed by atoms with E-state index in [1.165, 1.54) is 31.4 Å². The molecular weight excluding hydrogens is 222 g/mol. The zero-order valence-corrected chi connectivity index (χ0v) is 11.6. The number of hydrogen-bond acceptors (Lipinski definition) is 2. The van der Waals surface area contributed by atoms with Gasteiger partial charge in [0.1, 0.15) is 0 Å². The smallest absolute Gasteiger partial charge is 0.0802 e. The van der Waals surface area contributed by atoms with Crippen LogP contribution < -0.4 is 0 Å². The Morgan fingerprint density at radius 2 is 2.06 bits per heavy atom. The Hall–Kier alpha value is -0.860. The van der Waals surface area contributed by atoms with E-state index in [1.807, 2.05) is 12.1 Å². The van der Waals surface area contributed by atoms with Crippen LogP contribution in [-0.4, -0.2) is 29.1 Å². The highest BCUT2D eigenvalue weighted by Gasteiger charge is 2.23. The lowest BCUT2D eigenvalue weighted by Gasteiger charge is -2.24. The summed E-state index contributed by atoms with van der Waals surface area (Å²) in [4.78, 5) is 2.54. The number of aliphatic hydroxyl groups excluding tert-OH is 1. The van der Waals surface area contributed by atoms with Crippen LogP contribution >= 0.6 is 0 Å². The van der Waals surface area contributed by atoms with Gasteiger partial charge in [0.2, 0.25) is 0 Å². The predicted molar refractivity (Wildman–Crippen MR) is 75.6 cm³/mol. The molecule has 1 heterocycles. The SMILES string of the molecule is CCC1CCCN1CCC(O)c1ccc(C)cc1. The van der Waals surface area contributed by atoms with E-state index in [0.717, 1.165) is 24.6 Å². The standard InChI is InChI=1S/C16H25NO/c1-3-15-5-4-11-17(15)12-10-16(18)14-8-6-13(2)7-9-14/h6-9,15-16,18H,3-5,10-12H2,1-2H3. The van der Waals surface area contributed by atoms with Crippen molar-refractivity contribution in [1.82, 2.24) is 4.90 Å². The molecule has 0 spiro atoms. The average Bonchev–Trinajstić information content (AvgIpc) is 2.84. The van der Waals surface area contributed by atoms with Crippen molar-refractivity contribution < 1.29 is 5.11 Å². The van der Waals surface area contributed by atoms with Crippen molar-refractivity contribution in [3.63, 3.8) is 0 Å². The van der Waals surface area contributed by atoms with Gasteiger partial charge in [0.25, 0.3) is 0 Å². The molecule has 0 amide bonds. The normalized spacial score (nSPS) is 22.3. The first-order valence-electron chi connectivity index (χ1n) is 7.19. The quantitative estimate of drug-likeness (QED) is 0.863. The maximum atomic E-state index is 10.2. The molecule has 1 aliphatic heterocycles. The lowest BCUT2D eigenvalue weighted by atomic mass is 10.0. The first-order chi connectivity index (χ1) is 8.70. The molecule has 1 aliphatic rings. The fourth-order valence-corrected chi connectivity index (χ4v) is 2.90. The molecule has 2 rings (SSSR count). The van der Waals surface area contributed by atoms with Crippen LogP contribution in [-0.2, 0) is 0 Å². The maximum Gasteiger partial charge on any atom is 0.0802 e. The summed E-state index contributed by atoms with van der Waals surface area (Å²) in [6.07, 6.45) is 4.42. The van der Waals surface area contributed by atoms with Gasteiger partial charge in [-0.2, -0.15) is 0 Å². The Bertz CT molecular complexity index is 360. The molecule has 1 fully saturated rings. The van der Waals surface area contributed by atoms with Crippen molar-refractivity contribution in [2.45, 2.75) is 51.7 Å². The van der Waals surface area contributed by atoms with Gasteiger partial charge in [0, 0.05) is 12.6 Å². The molecule has 100 valence electrons. The van der Waals surface area contributed by atoms with E-state index in [4.69, 9.17) is 0 Å². The van der Waals surface area contributed by atoms with Gasteiger partial charge in [0.15, 0.2) is 0 Å². The molecule has 0 bridgehead atoms. The molecule has 1 N–H and O–H groups in total. The molecule has 1 aromatic rings. The summed E-state index contributed by atoms with van der Waals surface area (Å²) < 4.78 is 0. The number of aryl methyl sites for hydroxylation is 1. The van der Waals surface area contributed by atoms with Gasteiger partial charge in [0.05, 0.1) is 6.10 Å². The third-order valence-corrected chi connectivity index (χ3v) is 4.12. The fourth-order valence-electron chi connectivity index (χ4n) is 2.90. The number of aliphatic hydroxyl groups is 1. The predicted octanol–water partition coefficient (Wildman–Crippen LogP) is 3.29. The summed E-state index contributed by atoms with van der Waals surface area (Å²) in [6, 6.07) is 8.98. The molecule has 2 nitrogen and oxygen atoms in total. The van der Waals surface area contributed by atoms with Crippen LogP contribution in [0.15, 0.2) is 24.3 Å². The number of hydrogen-bond donors (Lipinski definition) is 1. The minimum atomic E-state index is -0.316. The van der Waals surface area contributed by atoms with Gasteiger partial charge in [-0.3, -0.25) is 0 Å². The number of rotatable bonds is 5. The van der Waals surface area contributed by atoms with Crippen molar-refractivity contribution in [1.29, 1.82) is 0 Å². The summed E-state index contributed by atoms with van der Waals surface area (Å²) in [5, 5.41) is 10.2. The van der Waals surface area contributed by atoms with Crippen LogP contribution in [0.25, 0.3) is 0 Å². The fraction of sp³-hybridized carbons (Fsp3) is 0.625. The summed E-state index contributed by atoms with van der Waals surface area (Å²) in [5.41, 5.74) is 2.30. The van der Waals surface area contributed by atoms with E-state index in [-0.39, 0.29) is 6.10 Å². The molecule has 1 saturated heterocycles.